The summed E-state index contributed by atoms with van der Waals surface area (Å²) in [5.74, 6) is -0.854. The zero-order valence-electron chi connectivity index (χ0n) is 22.0. The molecule has 3 aromatic rings. The first-order valence-corrected chi connectivity index (χ1v) is 12.6. The van der Waals surface area contributed by atoms with Crippen LogP contribution in [0.4, 0.5) is 23.4 Å². The molecule has 0 saturated carbocycles. The summed E-state index contributed by atoms with van der Waals surface area (Å²) in [4.78, 5) is 23.1. The summed E-state index contributed by atoms with van der Waals surface area (Å²) < 4.78 is 59.7. The number of halogens is 5. The van der Waals surface area contributed by atoms with E-state index < -0.39 is 23.7 Å². The summed E-state index contributed by atoms with van der Waals surface area (Å²) in [6.07, 6.45) is -1.02. The third kappa shape index (κ3) is 6.69. The van der Waals surface area contributed by atoms with E-state index in [2.05, 4.69) is 15.3 Å². The van der Waals surface area contributed by atoms with Crippen molar-refractivity contribution >= 4 is 29.2 Å². The highest BCUT2D eigenvalue weighted by atomic mass is 35.5. The Kier molecular flexibility index (Phi) is 9.00. The highest BCUT2D eigenvalue weighted by Crippen LogP contribution is 2.33. The Morgan fingerprint density at radius 3 is 2.73 bits per heavy atom. The second kappa shape index (κ2) is 12.3. The second-order valence-corrected chi connectivity index (χ2v) is 9.67. The number of nitrogens with one attached hydrogen (secondary N) is 1. The minimum Gasteiger partial charge on any atom is -0.395 e. The van der Waals surface area contributed by atoms with Gasteiger partial charge in [0.05, 0.1) is 24.3 Å². The summed E-state index contributed by atoms with van der Waals surface area (Å²) in [5.41, 5.74) is 6.11. The molecule has 1 aromatic carbocycles. The topological polar surface area (TPSA) is 118 Å². The normalized spacial score (nSPS) is 16.2. The Labute approximate surface area is 237 Å². The number of hydrogen-bond donors (Lipinski definition) is 3. The number of carbonyl (C=O) groups excluding carboxylic acids is 1. The number of aliphatic imine (C=N–C) groups is 1. The maximum absolute atomic E-state index is 14.0. The number of amides is 1. The number of amidine groups is 1. The Morgan fingerprint density at radius 1 is 1.32 bits per heavy atom. The number of fused-ring (bicyclic) bond motifs is 1. The van der Waals surface area contributed by atoms with Gasteiger partial charge in [-0.2, -0.15) is 13.2 Å². The number of pyridine rings is 1. The summed E-state index contributed by atoms with van der Waals surface area (Å²) in [6, 6.07) is 6.77. The predicted octanol–water partition coefficient (Wildman–Crippen LogP) is 4.35. The van der Waals surface area contributed by atoms with Gasteiger partial charge >= 0.3 is 6.18 Å². The standard InChI is InChI=1S/C27H27ClF4N6O3/c1-34-24(8-23(33)27(30,31)32)36-25-7-20(21(28)9-35-25)17-6-22-26(40)38(19(14-41-2)12-37(22)10-17)11-16-5-18(29)4-3-15(16)13-39/h3-10,19,39H,11-14,33H2,1-2H3,(H,34,35,36)/t19-/m1/s1. The van der Waals surface area contributed by atoms with E-state index in [0.29, 0.717) is 40.6 Å². The molecule has 1 atom stereocenters. The number of aliphatic hydroxyl groups excluding tert-OH is 1. The molecular weight excluding hydrogens is 568 g/mol. The molecule has 0 radical (unpaired) electrons. The van der Waals surface area contributed by atoms with Crippen molar-refractivity contribution in [3.05, 3.63) is 82.2 Å². The Balaban J connectivity index is 1.66. The van der Waals surface area contributed by atoms with Crippen molar-refractivity contribution in [3.63, 3.8) is 0 Å². The third-order valence-electron chi connectivity index (χ3n) is 6.55. The van der Waals surface area contributed by atoms with Crippen LogP contribution in [-0.4, -0.2) is 64.3 Å². The van der Waals surface area contributed by atoms with Gasteiger partial charge in [-0.1, -0.05) is 17.7 Å². The fraction of sp³-hybridized carbons (Fsp3) is 0.296. The molecule has 9 nitrogen and oxygen atoms in total. The molecule has 0 saturated heterocycles. The fourth-order valence-corrected chi connectivity index (χ4v) is 4.70. The minimum absolute atomic E-state index is 0.0544. The van der Waals surface area contributed by atoms with Gasteiger partial charge in [0.15, 0.2) is 0 Å². The van der Waals surface area contributed by atoms with Gasteiger partial charge < -0.3 is 30.4 Å². The number of nitrogens with zero attached hydrogens (tertiary/aromatic N) is 4. The molecule has 4 N–H and O–H groups in total. The van der Waals surface area contributed by atoms with Crippen molar-refractivity contribution in [2.75, 3.05) is 26.1 Å². The van der Waals surface area contributed by atoms with Crippen molar-refractivity contribution in [2.45, 2.75) is 31.9 Å². The highest BCUT2D eigenvalue weighted by Gasteiger charge is 2.34. The van der Waals surface area contributed by atoms with Crippen LogP contribution >= 0.6 is 11.6 Å². The number of aromatic nitrogens is 2. The number of methoxy groups -OCH3 is 1. The van der Waals surface area contributed by atoms with Crippen molar-refractivity contribution in [3.8, 4) is 11.1 Å². The maximum Gasteiger partial charge on any atom is 0.430 e. The zero-order chi connectivity index (χ0) is 29.9. The van der Waals surface area contributed by atoms with Gasteiger partial charge in [-0.3, -0.25) is 9.79 Å². The smallest absolute Gasteiger partial charge is 0.395 e. The molecule has 1 aliphatic rings. The molecule has 0 fully saturated rings. The minimum atomic E-state index is -4.72. The van der Waals surface area contributed by atoms with Crippen LogP contribution < -0.4 is 11.1 Å². The van der Waals surface area contributed by atoms with Crippen LogP contribution in [0.1, 0.15) is 21.6 Å². The van der Waals surface area contributed by atoms with E-state index in [4.69, 9.17) is 22.1 Å². The molecule has 41 heavy (non-hydrogen) atoms. The largest absolute Gasteiger partial charge is 0.430 e. The first-order valence-electron chi connectivity index (χ1n) is 12.3. The molecule has 0 aliphatic carbocycles. The molecule has 218 valence electrons. The SMILES string of the molecule is CN=C(C=C(N)C(F)(F)F)Nc1cc(-c2cc3n(c2)C[C@H](COC)N(Cc2cc(F)ccc2CO)C3=O)c(Cl)cn1. The number of rotatable bonds is 8. The monoisotopic (exact) mass is 594 g/mol. The van der Waals surface area contributed by atoms with Gasteiger partial charge in [0.25, 0.3) is 5.91 Å². The van der Waals surface area contributed by atoms with E-state index in [-0.39, 0.29) is 42.3 Å². The molecule has 2 aromatic heterocycles. The molecule has 14 heteroatoms. The molecule has 0 bridgehead atoms. The number of allylic oxidation sites excluding steroid dienone is 1. The van der Waals surface area contributed by atoms with Gasteiger partial charge in [0.2, 0.25) is 0 Å². The summed E-state index contributed by atoms with van der Waals surface area (Å²) >= 11 is 6.42. The number of benzene rings is 1. The quantitative estimate of drug-likeness (QED) is 0.203. The number of carbonyl (C=O) groups is 1. The molecular formula is C27H27ClF4N6O3. The number of ether oxygens (including phenoxy) is 1. The number of hydrogen-bond acceptors (Lipinski definition) is 6. The molecule has 0 unspecified atom stereocenters. The summed E-state index contributed by atoms with van der Waals surface area (Å²) in [7, 11) is 2.81. The Morgan fingerprint density at radius 2 is 2.07 bits per heavy atom. The van der Waals surface area contributed by atoms with E-state index in [1.165, 1.54) is 44.6 Å². The van der Waals surface area contributed by atoms with Crippen LogP contribution in [-0.2, 0) is 24.4 Å². The number of anilines is 1. The van der Waals surface area contributed by atoms with E-state index in [1.54, 1.807) is 21.7 Å². The van der Waals surface area contributed by atoms with Crippen LogP contribution in [0.25, 0.3) is 11.1 Å². The zero-order valence-corrected chi connectivity index (χ0v) is 22.8. The van der Waals surface area contributed by atoms with Gasteiger partial charge in [0.1, 0.15) is 28.9 Å². The van der Waals surface area contributed by atoms with Crippen LogP contribution in [0.2, 0.25) is 5.02 Å². The van der Waals surface area contributed by atoms with E-state index in [0.717, 1.165) is 0 Å². The third-order valence-corrected chi connectivity index (χ3v) is 6.85. The lowest BCUT2D eigenvalue weighted by Crippen LogP contribution is -2.49. The molecule has 3 heterocycles. The lowest BCUT2D eigenvalue weighted by molar-refractivity contribution is -0.0925. The van der Waals surface area contributed by atoms with E-state index >= 15 is 0 Å². The van der Waals surface area contributed by atoms with E-state index in [1.807, 2.05) is 0 Å². The lowest BCUT2D eigenvalue weighted by atomic mass is 10.0. The van der Waals surface area contributed by atoms with Crippen molar-refractivity contribution in [2.24, 2.45) is 10.7 Å². The average molecular weight is 595 g/mol. The molecule has 1 aliphatic heterocycles. The summed E-state index contributed by atoms with van der Waals surface area (Å²) in [6.45, 7) is 0.312. The predicted molar refractivity (Wildman–Crippen MR) is 146 cm³/mol. The van der Waals surface area contributed by atoms with Crippen molar-refractivity contribution < 1.29 is 32.2 Å². The number of nitrogens with two attached hydrogens (primary N) is 1. The first kappa shape index (κ1) is 30.0. The molecule has 1 amide bonds. The number of aliphatic hydroxyl groups is 1. The van der Waals surface area contributed by atoms with Crippen LogP contribution in [0.3, 0.4) is 0 Å². The van der Waals surface area contributed by atoms with Crippen molar-refractivity contribution in [1.82, 2.24) is 14.5 Å². The van der Waals surface area contributed by atoms with E-state index in [9.17, 15) is 27.5 Å². The second-order valence-electron chi connectivity index (χ2n) is 9.26. The molecule has 4 rings (SSSR count). The lowest BCUT2D eigenvalue weighted by Gasteiger charge is -2.36. The Bertz CT molecular complexity index is 1500. The number of alkyl halides is 3. The van der Waals surface area contributed by atoms with Gasteiger partial charge in [0, 0.05) is 56.8 Å². The van der Waals surface area contributed by atoms with Crippen LogP contribution in [0, 0.1) is 5.82 Å². The fourth-order valence-electron chi connectivity index (χ4n) is 4.49. The average Bonchev–Trinajstić information content (AvgIpc) is 3.35. The Hall–Kier alpha value is -3.94. The van der Waals surface area contributed by atoms with Gasteiger partial charge in [-0.15, -0.1) is 0 Å². The van der Waals surface area contributed by atoms with Crippen LogP contribution in [0.15, 0.2) is 59.5 Å². The van der Waals surface area contributed by atoms with Crippen molar-refractivity contribution in [1.29, 1.82) is 0 Å². The maximum atomic E-state index is 14.0. The van der Waals surface area contributed by atoms with Gasteiger partial charge in [-0.05, 0) is 35.4 Å². The first-order chi connectivity index (χ1) is 19.4. The highest BCUT2D eigenvalue weighted by molar-refractivity contribution is 6.33. The van der Waals surface area contributed by atoms with Crippen LogP contribution in [0.5, 0.6) is 0 Å². The summed E-state index contributed by atoms with van der Waals surface area (Å²) in [5, 5.41) is 12.6. The van der Waals surface area contributed by atoms with Gasteiger partial charge in [-0.25, -0.2) is 9.37 Å². The molecule has 0 spiro atoms.